The van der Waals surface area contributed by atoms with E-state index >= 15 is 0 Å². The van der Waals surface area contributed by atoms with Crippen molar-refractivity contribution in [3.05, 3.63) is 93.5 Å². The fourth-order valence-corrected chi connectivity index (χ4v) is 4.94. The molecule has 0 aliphatic heterocycles. The summed E-state index contributed by atoms with van der Waals surface area (Å²) in [6, 6.07) is 18.8. The Bertz CT molecular complexity index is 1390. The van der Waals surface area contributed by atoms with E-state index < -0.39 is 0 Å². The van der Waals surface area contributed by atoms with Crippen LogP contribution in [0.25, 0.3) is 27.2 Å². The van der Waals surface area contributed by atoms with Gasteiger partial charge in [-0.1, -0.05) is 53.7 Å². The predicted molar refractivity (Wildman–Crippen MR) is 122 cm³/mol. The van der Waals surface area contributed by atoms with Gasteiger partial charge in [0.1, 0.15) is 4.83 Å². The number of halogens is 1. The van der Waals surface area contributed by atoms with Crippen molar-refractivity contribution >= 4 is 44.9 Å². The molecule has 0 atom stereocenters. The molecule has 3 aromatic heterocycles. The number of hydrogen-bond acceptors (Lipinski definition) is 6. The Morgan fingerprint density at radius 2 is 1.97 bits per heavy atom. The van der Waals surface area contributed by atoms with Crippen LogP contribution in [-0.4, -0.2) is 14.5 Å². The van der Waals surface area contributed by atoms with Gasteiger partial charge >= 0.3 is 0 Å². The molecule has 5 aromatic rings. The number of rotatable bonds is 5. The van der Waals surface area contributed by atoms with Gasteiger partial charge in [-0.25, -0.2) is 9.97 Å². The van der Waals surface area contributed by atoms with E-state index in [4.69, 9.17) is 21.0 Å². The topological polar surface area (TPSA) is 60.9 Å². The van der Waals surface area contributed by atoms with Crippen molar-refractivity contribution in [1.82, 2.24) is 14.5 Å². The van der Waals surface area contributed by atoms with Crippen molar-refractivity contribution in [1.29, 1.82) is 0 Å². The summed E-state index contributed by atoms with van der Waals surface area (Å²) >= 11 is 8.94. The first-order valence-corrected chi connectivity index (χ1v) is 11.3. The van der Waals surface area contributed by atoms with Gasteiger partial charge in [0.15, 0.2) is 10.9 Å². The summed E-state index contributed by atoms with van der Waals surface area (Å²) < 4.78 is 7.53. The molecule has 148 valence electrons. The molecule has 8 heteroatoms. The predicted octanol–water partition coefficient (Wildman–Crippen LogP) is 6.05. The quantitative estimate of drug-likeness (QED) is 0.240. The van der Waals surface area contributed by atoms with Gasteiger partial charge in [-0.3, -0.25) is 9.36 Å². The molecule has 0 N–H and O–H groups in total. The lowest BCUT2D eigenvalue weighted by Crippen LogP contribution is -2.21. The Balaban J connectivity index is 1.48. The smallest absolute Gasteiger partial charge is 0.267 e. The van der Waals surface area contributed by atoms with E-state index in [1.807, 2.05) is 66.0 Å². The molecular formula is C22H14ClN3O2S2. The minimum absolute atomic E-state index is 0.0815. The molecule has 3 heterocycles. The number of fused-ring (bicyclic) bond motifs is 1. The van der Waals surface area contributed by atoms with E-state index in [0.29, 0.717) is 33.0 Å². The summed E-state index contributed by atoms with van der Waals surface area (Å²) in [4.78, 5) is 22.9. The number of aromatic nitrogens is 3. The zero-order chi connectivity index (χ0) is 20.5. The van der Waals surface area contributed by atoms with Gasteiger partial charge in [-0.15, -0.1) is 11.3 Å². The van der Waals surface area contributed by atoms with Gasteiger partial charge in [-0.2, -0.15) is 0 Å². The van der Waals surface area contributed by atoms with E-state index in [-0.39, 0.29) is 5.56 Å². The van der Waals surface area contributed by atoms with Crippen LogP contribution in [0.1, 0.15) is 5.89 Å². The van der Waals surface area contributed by atoms with E-state index in [1.54, 1.807) is 10.8 Å². The van der Waals surface area contributed by atoms with Crippen LogP contribution < -0.4 is 5.56 Å². The number of thioether (sulfide) groups is 1. The molecular weight excluding hydrogens is 438 g/mol. The van der Waals surface area contributed by atoms with Crippen LogP contribution in [0.4, 0.5) is 0 Å². The molecule has 0 aliphatic rings. The number of oxazole rings is 1. The summed E-state index contributed by atoms with van der Waals surface area (Å²) in [7, 11) is 0. The van der Waals surface area contributed by atoms with Crippen LogP contribution in [0.5, 0.6) is 0 Å². The van der Waals surface area contributed by atoms with Gasteiger partial charge in [0.05, 0.1) is 23.0 Å². The highest BCUT2D eigenvalue weighted by molar-refractivity contribution is 7.98. The fraction of sp³-hybridized carbons (Fsp3) is 0.0455. The summed E-state index contributed by atoms with van der Waals surface area (Å²) in [5.41, 5.74) is 1.56. The second kappa shape index (κ2) is 8.10. The third-order valence-electron chi connectivity index (χ3n) is 4.47. The fourth-order valence-electron chi connectivity index (χ4n) is 3.07. The number of nitrogens with zero attached hydrogens (tertiary/aromatic N) is 3. The van der Waals surface area contributed by atoms with Crippen LogP contribution in [0.2, 0.25) is 5.02 Å². The van der Waals surface area contributed by atoms with Crippen LogP contribution in [0, 0.1) is 0 Å². The average Bonchev–Trinajstić information content (AvgIpc) is 3.43. The first-order chi connectivity index (χ1) is 14.7. The summed E-state index contributed by atoms with van der Waals surface area (Å²) in [5.74, 6) is 1.64. The Morgan fingerprint density at radius 3 is 2.80 bits per heavy atom. The van der Waals surface area contributed by atoms with Crippen molar-refractivity contribution < 1.29 is 4.42 Å². The second-order valence-electron chi connectivity index (χ2n) is 6.43. The van der Waals surface area contributed by atoms with Crippen LogP contribution in [-0.2, 0) is 5.75 Å². The first-order valence-electron chi connectivity index (χ1n) is 9.08. The molecule has 0 unspecified atom stereocenters. The lowest BCUT2D eigenvalue weighted by molar-refractivity contribution is 0.529. The maximum absolute atomic E-state index is 13.1. The first kappa shape index (κ1) is 19.1. The van der Waals surface area contributed by atoms with Crippen LogP contribution in [0.3, 0.4) is 0 Å². The average molecular weight is 452 g/mol. The lowest BCUT2D eigenvalue weighted by atomic mass is 10.2. The summed E-state index contributed by atoms with van der Waals surface area (Å²) in [6.07, 6.45) is 1.68. The zero-order valence-corrected chi connectivity index (χ0v) is 17.9. The van der Waals surface area contributed by atoms with Gasteiger partial charge in [-0.05, 0) is 35.7 Å². The Hall–Kier alpha value is -2.87. The monoisotopic (exact) mass is 451 g/mol. The third-order valence-corrected chi connectivity index (χ3v) is 6.43. The highest BCUT2D eigenvalue weighted by Gasteiger charge is 2.15. The van der Waals surface area contributed by atoms with Crippen molar-refractivity contribution in [3.8, 4) is 17.0 Å². The Morgan fingerprint density at radius 1 is 1.10 bits per heavy atom. The van der Waals surface area contributed by atoms with Gasteiger partial charge in [0.25, 0.3) is 5.56 Å². The maximum atomic E-state index is 13.1. The molecule has 0 aliphatic carbocycles. The maximum Gasteiger partial charge on any atom is 0.267 e. The number of thiophene rings is 1. The SMILES string of the molecule is O=c1c2ccsc2nc(SCc2ncc(-c3cccc(Cl)c3)o2)n1-c1ccccc1. The molecule has 0 radical (unpaired) electrons. The standard InChI is InChI=1S/C22H14ClN3O2S2/c23-15-6-4-5-14(11-15)18-12-24-19(28-18)13-30-22-25-20-17(9-10-29-20)21(27)26(22)16-7-2-1-3-8-16/h1-12H,13H2. The molecule has 5 rings (SSSR count). The third kappa shape index (κ3) is 3.67. The molecule has 0 amide bonds. The molecule has 5 nitrogen and oxygen atoms in total. The minimum atomic E-state index is -0.0815. The van der Waals surface area contributed by atoms with E-state index in [1.165, 1.54) is 23.1 Å². The van der Waals surface area contributed by atoms with E-state index in [0.717, 1.165) is 16.1 Å². The molecule has 30 heavy (non-hydrogen) atoms. The van der Waals surface area contributed by atoms with Gasteiger partial charge < -0.3 is 4.42 Å². The van der Waals surface area contributed by atoms with Gasteiger partial charge in [0.2, 0.25) is 5.89 Å². The largest absolute Gasteiger partial charge is 0.440 e. The second-order valence-corrected chi connectivity index (χ2v) is 8.70. The Labute approximate surface area is 185 Å². The van der Waals surface area contributed by atoms with Crippen LogP contribution >= 0.6 is 34.7 Å². The summed E-state index contributed by atoms with van der Waals surface area (Å²) in [5, 5.41) is 3.74. The van der Waals surface area contributed by atoms with E-state index in [2.05, 4.69) is 4.98 Å². The van der Waals surface area contributed by atoms with Crippen LogP contribution in [0.15, 0.2) is 86.6 Å². The van der Waals surface area contributed by atoms with Crippen molar-refractivity contribution in [2.45, 2.75) is 10.9 Å². The highest BCUT2D eigenvalue weighted by Crippen LogP contribution is 2.28. The molecule has 0 bridgehead atoms. The minimum Gasteiger partial charge on any atom is -0.440 e. The molecule has 0 saturated carbocycles. The number of hydrogen-bond donors (Lipinski definition) is 0. The molecule has 2 aromatic carbocycles. The number of benzene rings is 2. The molecule has 0 spiro atoms. The Kier molecular flexibility index (Phi) is 5.16. The van der Waals surface area contributed by atoms with E-state index in [9.17, 15) is 4.79 Å². The zero-order valence-electron chi connectivity index (χ0n) is 15.5. The summed E-state index contributed by atoms with van der Waals surface area (Å²) in [6.45, 7) is 0. The van der Waals surface area contributed by atoms with Gasteiger partial charge in [0, 0.05) is 10.6 Å². The molecule has 0 saturated heterocycles. The van der Waals surface area contributed by atoms with Crippen molar-refractivity contribution in [2.75, 3.05) is 0 Å². The molecule has 0 fully saturated rings. The van der Waals surface area contributed by atoms with Crippen molar-refractivity contribution in [3.63, 3.8) is 0 Å². The number of para-hydroxylation sites is 1. The van der Waals surface area contributed by atoms with Crippen molar-refractivity contribution in [2.24, 2.45) is 0 Å². The lowest BCUT2D eigenvalue weighted by Gasteiger charge is -2.11. The highest BCUT2D eigenvalue weighted by atomic mass is 35.5. The normalized spacial score (nSPS) is 11.2.